The molecule has 1 saturated heterocycles. The van der Waals surface area contributed by atoms with E-state index >= 15 is 4.39 Å². The molecule has 2 aromatic heterocycles. The minimum atomic E-state index is -0.724. The van der Waals surface area contributed by atoms with Gasteiger partial charge in [0.05, 0.1) is 24.9 Å². The molecule has 53 heavy (non-hydrogen) atoms. The molecule has 1 saturated carbocycles. The molecule has 1 unspecified atom stereocenters. The summed E-state index contributed by atoms with van der Waals surface area (Å²) in [5, 5.41) is 3.18. The monoisotopic (exact) mass is 724 g/mol. The Morgan fingerprint density at radius 1 is 1.06 bits per heavy atom. The van der Waals surface area contributed by atoms with Crippen LogP contribution >= 0.6 is 0 Å². The summed E-state index contributed by atoms with van der Waals surface area (Å²) in [7, 11) is 3.19. The Kier molecular flexibility index (Phi) is 9.90. The molecule has 3 aromatic carbocycles. The zero-order chi connectivity index (χ0) is 37.3. The first-order valence-corrected chi connectivity index (χ1v) is 17.5. The average molecular weight is 725 g/mol. The van der Waals surface area contributed by atoms with Crippen LogP contribution in [0.25, 0.3) is 16.6 Å². The van der Waals surface area contributed by atoms with E-state index in [1.165, 1.54) is 34.8 Å². The molecule has 1 amide bonds. The summed E-state index contributed by atoms with van der Waals surface area (Å²) in [6, 6.07) is 17.4. The highest BCUT2D eigenvalue weighted by Gasteiger charge is 2.56. The van der Waals surface area contributed by atoms with Crippen molar-refractivity contribution in [3.05, 3.63) is 101 Å². The second kappa shape index (κ2) is 14.7. The van der Waals surface area contributed by atoms with Gasteiger partial charge in [0.15, 0.2) is 23.1 Å². The third-order valence-corrected chi connectivity index (χ3v) is 9.74. The van der Waals surface area contributed by atoms with Crippen LogP contribution in [-0.2, 0) is 16.6 Å². The molecule has 13 nitrogen and oxygen atoms in total. The SMILES string of the molecule is COc1cc2c(Oc3ccc(NC(=O)c4cn(C)n(-c5ccccc5)c4=O)cc3F)ccnc2cc1OCCCN1CC(OC(=O)[C@H](C)N)C2(CC2)C1. The molecule has 5 aromatic rings. The van der Waals surface area contributed by atoms with Gasteiger partial charge in [-0.15, -0.1) is 0 Å². The molecule has 3 N–H and O–H groups in total. The topological polar surface area (TPSA) is 152 Å². The van der Waals surface area contributed by atoms with Crippen LogP contribution in [0.5, 0.6) is 23.0 Å². The van der Waals surface area contributed by atoms with E-state index in [4.69, 9.17) is 24.7 Å². The summed E-state index contributed by atoms with van der Waals surface area (Å²) in [6.07, 6.45) is 5.70. The number of anilines is 1. The van der Waals surface area contributed by atoms with E-state index < -0.39 is 23.3 Å². The average Bonchev–Trinajstić information content (AvgIpc) is 3.76. The normalized spacial score (nSPS) is 16.7. The third-order valence-electron chi connectivity index (χ3n) is 9.74. The number of methoxy groups -OCH3 is 1. The van der Waals surface area contributed by atoms with E-state index in [1.54, 1.807) is 62.6 Å². The highest BCUT2D eigenvalue weighted by molar-refractivity contribution is 6.04. The number of aromatic nitrogens is 3. The minimum absolute atomic E-state index is 0.0531. The number of hydrogen-bond donors (Lipinski definition) is 2. The van der Waals surface area contributed by atoms with Gasteiger partial charge in [-0.3, -0.25) is 28.9 Å². The van der Waals surface area contributed by atoms with Crippen molar-refractivity contribution >= 4 is 28.5 Å². The number of carbonyl (C=O) groups excluding carboxylic acids is 2. The predicted molar refractivity (Wildman–Crippen MR) is 195 cm³/mol. The van der Waals surface area contributed by atoms with Gasteiger partial charge < -0.3 is 30.0 Å². The number of rotatable bonds is 13. The van der Waals surface area contributed by atoms with Crippen LogP contribution in [-0.4, -0.2) is 76.6 Å². The number of carbonyl (C=O) groups is 2. The predicted octanol–water partition coefficient (Wildman–Crippen LogP) is 5.04. The number of nitrogens with two attached hydrogens (primary N) is 1. The fourth-order valence-electron chi connectivity index (χ4n) is 6.78. The van der Waals surface area contributed by atoms with Crippen molar-refractivity contribution in [2.24, 2.45) is 18.2 Å². The van der Waals surface area contributed by atoms with Gasteiger partial charge in [0.25, 0.3) is 11.5 Å². The van der Waals surface area contributed by atoms with Crippen LogP contribution < -0.4 is 30.8 Å². The standard InChI is InChI=1S/C39H41FN6O7/c1-24(41)38(49)53-35-22-45(23-39(35)13-14-39)16-7-17-51-34-20-30-27(19-33(34)50-3)31(12-15-42-30)52-32-11-10-25(18-29(32)40)43-36(47)28-21-44(2)46(37(28)48)26-8-5-4-6-9-26/h4-6,8-12,15,18-21,24,35H,7,13-14,16-17,22-23,41H2,1-3H3,(H,43,47)/t24-,35?/m0/s1. The molecule has 2 atom stereocenters. The summed E-state index contributed by atoms with van der Waals surface area (Å²) in [5.41, 5.74) is 6.48. The summed E-state index contributed by atoms with van der Waals surface area (Å²) in [5.74, 6) is -0.527. The molecule has 3 heterocycles. The molecule has 0 radical (unpaired) electrons. The molecule has 2 fully saturated rings. The Hall–Kier alpha value is -5.73. The van der Waals surface area contributed by atoms with Gasteiger partial charge in [-0.25, -0.2) is 9.07 Å². The second-order valence-corrected chi connectivity index (χ2v) is 13.6. The van der Waals surface area contributed by atoms with Crippen LogP contribution in [0, 0.1) is 11.2 Å². The fourth-order valence-corrected chi connectivity index (χ4v) is 6.78. The second-order valence-electron chi connectivity index (χ2n) is 13.6. The van der Waals surface area contributed by atoms with Crippen molar-refractivity contribution < 1.29 is 32.9 Å². The maximum atomic E-state index is 15.4. The van der Waals surface area contributed by atoms with Crippen molar-refractivity contribution in [3.8, 4) is 28.7 Å². The first-order chi connectivity index (χ1) is 25.5. The zero-order valence-corrected chi connectivity index (χ0v) is 29.7. The largest absolute Gasteiger partial charge is 0.493 e. The Balaban J connectivity index is 0.984. The Morgan fingerprint density at radius 3 is 2.57 bits per heavy atom. The van der Waals surface area contributed by atoms with E-state index in [-0.39, 0.29) is 34.5 Å². The van der Waals surface area contributed by atoms with Gasteiger partial charge in [0.1, 0.15) is 23.5 Å². The van der Waals surface area contributed by atoms with Gasteiger partial charge in [0.2, 0.25) is 0 Å². The number of amides is 1. The van der Waals surface area contributed by atoms with E-state index in [0.717, 1.165) is 38.4 Å². The number of fused-ring (bicyclic) bond motifs is 1. The molecule has 0 bridgehead atoms. The van der Waals surface area contributed by atoms with Crippen molar-refractivity contribution in [2.45, 2.75) is 38.3 Å². The summed E-state index contributed by atoms with van der Waals surface area (Å²) in [4.78, 5) is 45.0. The summed E-state index contributed by atoms with van der Waals surface area (Å²) >= 11 is 0. The third kappa shape index (κ3) is 7.46. The smallest absolute Gasteiger partial charge is 0.322 e. The molecule has 1 spiro atoms. The summed E-state index contributed by atoms with van der Waals surface area (Å²) < 4.78 is 41.7. The lowest BCUT2D eigenvalue weighted by molar-refractivity contribution is -0.152. The van der Waals surface area contributed by atoms with E-state index in [2.05, 4.69) is 15.2 Å². The number of ether oxygens (including phenoxy) is 4. The number of halogens is 1. The lowest BCUT2D eigenvalue weighted by Gasteiger charge is -2.19. The lowest BCUT2D eigenvalue weighted by Crippen LogP contribution is -2.36. The number of nitrogens with zero attached hydrogens (tertiary/aromatic N) is 4. The van der Waals surface area contributed by atoms with Crippen molar-refractivity contribution in [3.63, 3.8) is 0 Å². The van der Waals surface area contributed by atoms with Gasteiger partial charge >= 0.3 is 5.97 Å². The molecule has 1 aliphatic heterocycles. The number of likely N-dealkylation sites (tertiary alicyclic amines) is 1. The maximum absolute atomic E-state index is 15.4. The Labute approximate surface area is 305 Å². The van der Waals surface area contributed by atoms with Crippen molar-refractivity contribution in [2.75, 3.05) is 38.7 Å². The fraction of sp³-hybridized carbons (Fsp3) is 0.333. The van der Waals surface area contributed by atoms with E-state index in [0.29, 0.717) is 47.0 Å². The first-order valence-electron chi connectivity index (χ1n) is 17.5. The van der Waals surface area contributed by atoms with Gasteiger partial charge in [-0.1, -0.05) is 18.2 Å². The first kappa shape index (κ1) is 35.7. The quantitative estimate of drug-likeness (QED) is 0.125. The van der Waals surface area contributed by atoms with Crippen LogP contribution in [0.1, 0.15) is 36.5 Å². The van der Waals surface area contributed by atoms with Crippen molar-refractivity contribution in [1.29, 1.82) is 0 Å². The molecule has 1 aliphatic carbocycles. The highest BCUT2D eigenvalue weighted by atomic mass is 19.1. The molecule has 7 rings (SSSR count). The minimum Gasteiger partial charge on any atom is -0.493 e. The highest BCUT2D eigenvalue weighted by Crippen LogP contribution is 2.54. The van der Waals surface area contributed by atoms with Gasteiger partial charge in [-0.05, 0) is 62.6 Å². The molecule has 2 aliphatic rings. The van der Waals surface area contributed by atoms with Crippen molar-refractivity contribution in [1.82, 2.24) is 19.2 Å². The molecular formula is C39H41FN6O7. The Bertz CT molecular complexity index is 2220. The number of nitrogens with one attached hydrogen (secondary N) is 1. The zero-order valence-electron chi connectivity index (χ0n) is 29.7. The van der Waals surface area contributed by atoms with E-state index in [9.17, 15) is 14.4 Å². The number of hydrogen-bond acceptors (Lipinski definition) is 10. The summed E-state index contributed by atoms with van der Waals surface area (Å²) in [6.45, 7) is 4.42. The molecule has 276 valence electrons. The number of aryl methyl sites for hydroxylation is 1. The van der Waals surface area contributed by atoms with Gasteiger partial charge in [-0.2, -0.15) is 0 Å². The Morgan fingerprint density at radius 2 is 1.85 bits per heavy atom. The lowest BCUT2D eigenvalue weighted by atomic mass is 10.0. The van der Waals surface area contributed by atoms with Crippen LogP contribution in [0.2, 0.25) is 0 Å². The molecular weight excluding hydrogens is 683 g/mol. The van der Waals surface area contributed by atoms with Crippen LogP contribution in [0.3, 0.4) is 0 Å². The van der Waals surface area contributed by atoms with E-state index in [1.807, 2.05) is 6.07 Å². The van der Waals surface area contributed by atoms with Gasteiger partial charge in [0, 0.05) is 67.7 Å². The van der Waals surface area contributed by atoms with Crippen LogP contribution in [0.4, 0.5) is 10.1 Å². The number of para-hydroxylation sites is 1. The number of esters is 1. The van der Waals surface area contributed by atoms with Crippen LogP contribution in [0.15, 0.2) is 83.9 Å². The number of pyridine rings is 1. The number of benzene rings is 3. The maximum Gasteiger partial charge on any atom is 0.322 e. The molecule has 14 heteroatoms.